The predicted octanol–water partition coefficient (Wildman–Crippen LogP) is 0.590. The highest BCUT2D eigenvalue weighted by Crippen LogP contribution is 2.04. The van der Waals surface area contributed by atoms with E-state index in [1.54, 1.807) is 6.20 Å². The van der Waals surface area contributed by atoms with Crippen molar-refractivity contribution in [2.24, 2.45) is 0 Å². The molecule has 0 aliphatic carbocycles. The molecule has 0 fully saturated rings. The van der Waals surface area contributed by atoms with Gasteiger partial charge in [-0.2, -0.15) is 5.10 Å². The molecule has 84 valence electrons. The highest BCUT2D eigenvalue weighted by atomic mass is 16.2. The van der Waals surface area contributed by atoms with Crippen LogP contribution in [0.2, 0.25) is 0 Å². The Labute approximate surface area is 88.6 Å². The Hall–Kier alpha value is -1.72. The molecule has 6 heteroatoms. The lowest BCUT2D eigenvalue weighted by Gasteiger charge is -2.20. The average Bonchev–Trinajstić information content (AvgIpc) is 2.44. The van der Waals surface area contributed by atoms with E-state index in [-0.39, 0.29) is 11.6 Å². The van der Waals surface area contributed by atoms with Crippen LogP contribution in [0, 0.1) is 0 Å². The van der Waals surface area contributed by atoms with Crippen molar-refractivity contribution in [3.63, 3.8) is 0 Å². The number of hydrogen-bond acceptors (Lipinski definition) is 3. The van der Waals surface area contributed by atoms with E-state index in [0.29, 0.717) is 12.4 Å². The molecule has 0 atom stereocenters. The molecule has 0 unspecified atom stereocenters. The first-order valence-corrected chi connectivity index (χ1v) is 4.72. The molecule has 1 rings (SSSR count). The lowest BCUT2D eigenvalue weighted by molar-refractivity contribution is 0.231. The number of amides is 2. The fourth-order valence-electron chi connectivity index (χ4n) is 1.02. The Morgan fingerprint density at radius 2 is 2.27 bits per heavy atom. The first kappa shape index (κ1) is 11.4. The van der Waals surface area contributed by atoms with Crippen molar-refractivity contribution < 1.29 is 4.79 Å². The number of nitrogens with zero attached hydrogens (tertiary/aromatic N) is 1. The Bertz CT molecular complexity index is 339. The quantitative estimate of drug-likeness (QED) is 0.576. The molecule has 1 heterocycles. The van der Waals surface area contributed by atoms with Crippen molar-refractivity contribution in [2.75, 3.05) is 5.73 Å². The summed E-state index contributed by atoms with van der Waals surface area (Å²) in [6.45, 7) is 6.11. The highest BCUT2D eigenvalue weighted by molar-refractivity contribution is 5.74. The minimum absolute atomic E-state index is 0.219. The largest absolute Gasteiger partial charge is 0.384 e. The van der Waals surface area contributed by atoms with Gasteiger partial charge in [-0.3, -0.25) is 5.10 Å². The van der Waals surface area contributed by atoms with Crippen LogP contribution >= 0.6 is 0 Å². The van der Waals surface area contributed by atoms with Crippen molar-refractivity contribution in [3.05, 3.63) is 11.8 Å². The van der Waals surface area contributed by atoms with Gasteiger partial charge in [0.15, 0.2) is 0 Å². The van der Waals surface area contributed by atoms with E-state index in [9.17, 15) is 4.79 Å². The van der Waals surface area contributed by atoms with E-state index in [1.807, 2.05) is 20.8 Å². The molecule has 0 aliphatic rings. The maximum absolute atomic E-state index is 11.4. The van der Waals surface area contributed by atoms with Crippen molar-refractivity contribution >= 4 is 11.8 Å². The number of urea groups is 1. The van der Waals surface area contributed by atoms with Gasteiger partial charge in [0.1, 0.15) is 5.82 Å². The summed E-state index contributed by atoms with van der Waals surface area (Å²) in [7, 11) is 0. The van der Waals surface area contributed by atoms with E-state index in [4.69, 9.17) is 5.73 Å². The third kappa shape index (κ3) is 3.88. The second kappa shape index (κ2) is 4.20. The van der Waals surface area contributed by atoms with Crippen molar-refractivity contribution in [1.29, 1.82) is 0 Å². The summed E-state index contributed by atoms with van der Waals surface area (Å²) in [4.78, 5) is 11.4. The fraction of sp³-hybridized carbons (Fsp3) is 0.556. The van der Waals surface area contributed by atoms with Crippen LogP contribution in [0.5, 0.6) is 0 Å². The van der Waals surface area contributed by atoms with Gasteiger partial charge >= 0.3 is 6.03 Å². The zero-order valence-electron chi connectivity index (χ0n) is 9.22. The molecular weight excluding hydrogens is 194 g/mol. The molecule has 0 radical (unpaired) electrons. The summed E-state index contributed by atoms with van der Waals surface area (Å²) < 4.78 is 0. The lowest BCUT2D eigenvalue weighted by Crippen LogP contribution is -2.46. The van der Waals surface area contributed by atoms with Gasteiger partial charge in [-0.1, -0.05) is 0 Å². The van der Waals surface area contributed by atoms with Crippen molar-refractivity contribution in [2.45, 2.75) is 32.9 Å². The van der Waals surface area contributed by atoms with Gasteiger partial charge < -0.3 is 16.4 Å². The zero-order valence-corrected chi connectivity index (χ0v) is 9.22. The van der Waals surface area contributed by atoms with Crippen molar-refractivity contribution in [3.8, 4) is 0 Å². The molecule has 5 N–H and O–H groups in total. The molecule has 1 aromatic rings. The number of carbonyl (C=O) groups excluding carboxylic acids is 1. The monoisotopic (exact) mass is 211 g/mol. The number of nitrogen functional groups attached to an aromatic ring is 1. The molecule has 2 amide bonds. The number of carbonyl (C=O) groups is 1. The molecule has 15 heavy (non-hydrogen) atoms. The molecular formula is C9H17N5O. The van der Waals surface area contributed by atoms with Crippen LogP contribution < -0.4 is 16.4 Å². The normalized spacial score (nSPS) is 11.1. The van der Waals surface area contributed by atoms with Gasteiger partial charge in [0.2, 0.25) is 0 Å². The predicted molar refractivity (Wildman–Crippen MR) is 58.1 cm³/mol. The number of anilines is 1. The molecule has 0 aromatic carbocycles. The summed E-state index contributed by atoms with van der Waals surface area (Å²) in [5, 5.41) is 11.8. The minimum atomic E-state index is -0.244. The summed E-state index contributed by atoms with van der Waals surface area (Å²) in [6.07, 6.45) is 1.59. The molecule has 6 nitrogen and oxygen atoms in total. The molecule has 0 aliphatic heterocycles. The topological polar surface area (TPSA) is 95.8 Å². The van der Waals surface area contributed by atoms with Crippen LogP contribution in [0.3, 0.4) is 0 Å². The average molecular weight is 211 g/mol. The van der Waals surface area contributed by atoms with Gasteiger partial charge in [-0.15, -0.1) is 0 Å². The highest BCUT2D eigenvalue weighted by Gasteiger charge is 2.13. The Morgan fingerprint density at radius 1 is 1.60 bits per heavy atom. The standard InChI is InChI=1S/C9H17N5O/c1-9(2,3)13-8(15)11-4-6-5-12-14-7(6)10/h5H,4H2,1-3H3,(H3,10,12,14)(H2,11,13,15). The van der Waals surface area contributed by atoms with Crippen LogP contribution in [0.4, 0.5) is 10.6 Å². The molecule has 0 spiro atoms. The second-order valence-electron chi connectivity index (χ2n) is 4.37. The van der Waals surface area contributed by atoms with Gasteiger partial charge in [0.05, 0.1) is 6.20 Å². The lowest BCUT2D eigenvalue weighted by atomic mass is 10.1. The number of nitrogens with one attached hydrogen (secondary N) is 3. The van der Waals surface area contributed by atoms with E-state index < -0.39 is 0 Å². The number of hydrogen-bond donors (Lipinski definition) is 4. The Morgan fingerprint density at radius 3 is 2.73 bits per heavy atom. The van der Waals surface area contributed by atoms with Gasteiger partial charge in [-0.25, -0.2) is 4.79 Å². The second-order valence-corrected chi connectivity index (χ2v) is 4.37. The number of aromatic amines is 1. The number of rotatable bonds is 2. The fourth-order valence-corrected chi connectivity index (χ4v) is 1.02. The first-order valence-electron chi connectivity index (χ1n) is 4.72. The van der Waals surface area contributed by atoms with E-state index in [1.165, 1.54) is 0 Å². The SMILES string of the molecule is CC(C)(C)NC(=O)NCc1cn[nH]c1N. The molecule has 0 saturated carbocycles. The van der Waals surface area contributed by atoms with E-state index in [0.717, 1.165) is 5.56 Å². The smallest absolute Gasteiger partial charge is 0.315 e. The Balaban J connectivity index is 2.38. The van der Waals surface area contributed by atoms with Gasteiger partial charge in [0, 0.05) is 17.6 Å². The van der Waals surface area contributed by atoms with Gasteiger partial charge in [-0.05, 0) is 20.8 Å². The summed E-state index contributed by atoms with van der Waals surface area (Å²) in [6, 6.07) is -0.219. The number of nitrogens with two attached hydrogens (primary N) is 1. The first-order chi connectivity index (χ1) is 6.88. The van der Waals surface area contributed by atoms with Crippen LogP contribution in [-0.2, 0) is 6.54 Å². The number of aromatic nitrogens is 2. The maximum Gasteiger partial charge on any atom is 0.315 e. The van der Waals surface area contributed by atoms with E-state index in [2.05, 4.69) is 20.8 Å². The van der Waals surface area contributed by atoms with Crippen LogP contribution in [-0.4, -0.2) is 21.8 Å². The minimum Gasteiger partial charge on any atom is -0.384 e. The summed E-state index contributed by atoms with van der Waals surface area (Å²) in [5.41, 5.74) is 6.10. The third-order valence-corrected chi connectivity index (χ3v) is 1.68. The number of H-pyrrole nitrogens is 1. The molecule has 1 aromatic heterocycles. The molecule has 0 saturated heterocycles. The Kier molecular flexibility index (Phi) is 3.18. The summed E-state index contributed by atoms with van der Waals surface area (Å²) >= 11 is 0. The zero-order chi connectivity index (χ0) is 11.5. The van der Waals surface area contributed by atoms with Crippen LogP contribution in [0.15, 0.2) is 6.20 Å². The molecule has 0 bridgehead atoms. The van der Waals surface area contributed by atoms with Crippen LogP contribution in [0.1, 0.15) is 26.3 Å². The third-order valence-electron chi connectivity index (χ3n) is 1.68. The summed E-state index contributed by atoms with van der Waals surface area (Å²) in [5.74, 6) is 0.478. The van der Waals surface area contributed by atoms with Crippen molar-refractivity contribution in [1.82, 2.24) is 20.8 Å². The van der Waals surface area contributed by atoms with Crippen LogP contribution in [0.25, 0.3) is 0 Å². The van der Waals surface area contributed by atoms with E-state index >= 15 is 0 Å². The maximum atomic E-state index is 11.4. The van der Waals surface area contributed by atoms with Gasteiger partial charge in [0.25, 0.3) is 0 Å².